The number of halogens is 4. The van der Waals surface area contributed by atoms with E-state index in [1.807, 2.05) is 18.2 Å². The van der Waals surface area contributed by atoms with Gasteiger partial charge in [-0.1, -0.05) is 54.1 Å². The minimum absolute atomic E-state index is 0.302. The SMILES string of the molecule is O=C(COC(=O)/C=C/c1ccc(OCc2ccccc2Cl)cc1)Nc1ccccc1C(F)(F)F. The number of benzene rings is 3. The lowest BCUT2D eigenvalue weighted by atomic mass is 10.1. The average Bonchev–Trinajstić information content (AvgIpc) is 2.81. The fourth-order valence-electron chi connectivity index (χ4n) is 2.83. The van der Waals surface area contributed by atoms with E-state index in [2.05, 4.69) is 5.32 Å². The van der Waals surface area contributed by atoms with Crippen LogP contribution in [0.5, 0.6) is 5.75 Å². The van der Waals surface area contributed by atoms with Crippen LogP contribution >= 0.6 is 11.6 Å². The zero-order valence-electron chi connectivity index (χ0n) is 17.6. The average molecular weight is 490 g/mol. The topological polar surface area (TPSA) is 64.6 Å². The molecule has 3 aromatic rings. The van der Waals surface area contributed by atoms with Crippen molar-refractivity contribution in [2.24, 2.45) is 0 Å². The second kappa shape index (κ2) is 11.4. The minimum Gasteiger partial charge on any atom is -0.489 e. The lowest BCUT2D eigenvalue weighted by Crippen LogP contribution is -2.22. The van der Waals surface area contributed by atoms with Crippen molar-refractivity contribution in [2.45, 2.75) is 12.8 Å². The Morgan fingerprint density at radius 2 is 1.62 bits per heavy atom. The summed E-state index contributed by atoms with van der Waals surface area (Å²) in [4.78, 5) is 23.7. The molecule has 0 aliphatic rings. The van der Waals surface area contributed by atoms with E-state index >= 15 is 0 Å². The van der Waals surface area contributed by atoms with E-state index in [1.54, 1.807) is 30.3 Å². The zero-order chi connectivity index (χ0) is 24.6. The molecule has 0 spiro atoms. The van der Waals surface area contributed by atoms with Crippen molar-refractivity contribution in [3.05, 3.63) is 101 Å². The molecule has 5 nitrogen and oxygen atoms in total. The van der Waals surface area contributed by atoms with E-state index in [0.717, 1.165) is 23.8 Å². The maximum absolute atomic E-state index is 13.0. The molecule has 0 unspecified atom stereocenters. The van der Waals surface area contributed by atoms with Gasteiger partial charge in [0.25, 0.3) is 5.91 Å². The van der Waals surface area contributed by atoms with Crippen LogP contribution in [0, 0.1) is 0 Å². The van der Waals surface area contributed by atoms with Crippen LogP contribution in [0.15, 0.2) is 78.9 Å². The summed E-state index contributed by atoms with van der Waals surface area (Å²) in [5.41, 5.74) is 0.115. The van der Waals surface area contributed by atoms with Gasteiger partial charge in [-0.3, -0.25) is 4.79 Å². The number of hydrogen-bond acceptors (Lipinski definition) is 4. The molecule has 34 heavy (non-hydrogen) atoms. The smallest absolute Gasteiger partial charge is 0.418 e. The van der Waals surface area contributed by atoms with Crippen LogP contribution in [-0.2, 0) is 27.1 Å². The maximum Gasteiger partial charge on any atom is 0.418 e. The lowest BCUT2D eigenvalue weighted by Gasteiger charge is -2.13. The van der Waals surface area contributed by atoms with Gasteiger partial charge in [0.15, 0.2) is 6.61 Å². The monoisotopic (exact) mass is 489 g/mol. The van der Waals surface area contributed by atoms with Crippen LogP contribution in [0.2, 0.25) is 5.02 Å². The van der Waals surface area contributed by atoms with Gasteiger partial charge in [0.2, 0.25) is 0 Å². The molecule has 0 saturated carbocycles. The standard InChI is InChI=1S/C25H19ClF3NO4/c26-21-7-3-1-5-18(21)15-33-19-12-9-17(10-13-19)11-14-24(32)34-16-23(31)30-22-8-4-2-6-20(22)25(27,28)29/h1-14H,15-16H2,(H,30,31)/b14-11+. The highest BCUT2D eigenvalue weighted by atomic mass is 35.5. The van der Waals surface area contributed by atoms with E-state index in [-0.39, 0.29) is 0 Å². The quantitative estimate of drug-likeness (QED) is 0.305. The molecular weight excluding hydrogens is 471 g/mol. The van der Waals surface area contributed by atoms with Gasteiger partial charge in [-0.05, 0) is 42.0 Å². The third kappa shape index (κ3) is 7.38. The number of rotatable bonds is 8. The number of hydrogen-bond donors (Lipinski definition) is 1. The van der Waals surface area contributed by atoms with E-state index < -0.39 is 35.9 Å². The number of esters is 1. The second-order valence-corrected chi connectivity index (χ2v) is 7.39. The number of carbonyl (C=O) groups excluding carboxylic acids is 2. The number of anilines is 1. The van der Waals surface area contributed by atoms with Crippen LogP contribution < -0.4 is 10.1 Å². The fraction of sp³-hybridized carbons (Fsp3) is 0.120. The zero-order valence-corrected chi connectivity index (χ0v) is 18.4. The lowest BCUT2D eigenvalue weighted by molar-refractivity contribution is -0.142. The summed E-state index contributed by atoms with van der Waals surface area (Å²) in [7, 11) is 0. The first-order chi connectivity index (χ1) is 16.2. The van der Waals surface area contributed by atoms with Gasteiger partial charge in [-0.25, -0.2) is 4.79 Å². The van der Waals surface area contributed by atoms with Crippen molar-refractivity contribution in [3.63, 3.8) is 0 Å². The molecule has 1 amide bonds. The number of amides is 1. The summed E-state index contributed by atoms with van der Waals surface area (Å²) in [5, 5.41) is 2.71. The highest BCUT2D eigenvalue weighted by molar-refractivity contribution is 6.31. The third-order valence-corrected chi connectivity index (χ3v) is 4.86. The molecule has 9 heteroatoms. The molecule has 0 aliphatic carbocycles. The largest absolute Gasteiger partial charge is 0.489 e. The van der Waals surface area contributed by atoms with Gasteiger partial charge in [0.1, 0.15) is 12.4 Å². The molecule has 0 heterocycles. The molecule has 1 N–H and O–H groups in total. The Morgan fingerprint density at radius 3 is 2.32 bits per heavy atom. The number of carbonyl (C=O) groups is 2. The van der Waals surface area contributed by atoms with E-state index in [0.29, 0.717) is 22.9 Å². The summed E-state index contributed by atoms with van der Waals surface area (Å²) in [6.07, 6.45) is -2.05. The van der Waals surface area contributed by atoms with Crippen molar-refractivity contribution in [1.29, 1.82) is 0 Å². The molecule has 0 saturated heterocycles. The summed E-state index contributed by atoms with van der Waals surface area (Å²) < 4.78 is 49.4. The second-order valence-electron chi connectivity index (χ2n) is 6.98. The predicted octanol–water partition coefficient (Wildman–Crippen LogP) is 6.13. The van der Waals surface area contributed by atoms with Crippen molar-refractivity contribution < 1.29 is 32.2 Å². The number of ether oxygens (including phenoxy) is 2. The Labute approximate surface area is 198 Å². The van der Waals surface area contributed by atoms with Crippen molar-refractivity contribution in [1.82, 2.24) is 0 Å². The molecular formula is C25H19ClF3NO4. The predicted molar refractivity (Wildman–Crippen MR) is 122 cm³/mol. The molecule has 0 aromatic heterocycles. The van der Waals surface area contributed by atoms with Crippen LogP contribution in [0.1, 0.15) is 16.7 Å². The molecule has 0 radical (unpaired) electrons. The van der Waals surface area contributed by atoms with Gasteiger partial charge in [-0.2, -0.15) is 13.2 Å². The molecule has 0 atom stereocenters. The van der Waals surface area contributed by atoms with Crippen LogP contribution in [0.25, 0.3) is 6.08 Å². The summed E-state index contributed by atoms with van der Waals surface area (Å²) in [6.45, 7) is -0.430. The van der Waals surface area contributed by atoms with Crippen molar-refractivity contribution in [3.8, 4) is 5.75 Å². The molecule has 3 rings (SSSR count). The van der Waals surface area contributed by atoms with E-state index in [1.165, 1.54) is 18.2 Å². The van der Waals surface area contributed by atoms with Crippen molar-refractivity contribution >= 4 is 35.2 Å². The molecule has 0 bridgehead atoms. The molecule has 3 aromatic carbocycles. The van der Waals surface area contributed by atoms with Gasteiger partial charge in [-0.15, -0.1) is 0 Å². The van der Waals surface area contributed by atoms with E-state index in [9.17, 15) is 22.8 Å². The van der Waals surface area contributed by atoms with Crippen LogP contribution in [-0.4, -0.2) is 18.5 Å². The summed E-state index contributed by atoms with van der Waals surface area (Å²) in [6, 6.07) is 18.7. The Kier molecular flexibility index (Phi) is 8.32. The fourth-order valence-corrected chi connectivity index (χ4v) is 3.02. The van der Waals surface area contributed by atoms with Gasteiger partial charge in [0, 0.05) is 16.7 Å². The minimum atomic E-state index is -4.63. The molecule has 176 valence electrons. The first-order valence-electron chi connectivity index (χ1n) is 9.99. The first kappa shape index (κ1) is 24.9. The van der Waals surface area contributed by atoms with Gasteiger partial charge in [0.05, 0.1) is 11.3 Å². The Bertz CT molecular complexity index is 1180. The van der Waals surface area contributed by atoms with E-state index in [4.69, 9.17) is 21.1 Å². The van der Waals surface area contributed by atoms with Gasteiger partial charge >= 0.3 is 12.1 Å². The maximum atomic E-state index is 13.0. The van der Waals surface area contributed by atoms with Crippen LogP contribution in [0.4, 0.5) is 18.9 Å². The first-order valence-corrected chi connectivity index (χ1v) is 10.4. The number of nitrogens with one attached hydrogen (secondary N) is 1. The summed E-state index contributed by atoms with van der Waals surface area (Å²) >= 11 is 6.09. The molecule has 0 fully saturated rings. The Hall–Kier alpha value is -3.78. The highest BCUT2D eigenvalue weighted by Gasteiger charge is 2.33. The number of alkyl halides is 3. The third-order valence-electron chi connectivity index (χ3n) is 4.50. The normalized spacial score (nSPS) is 11.3. The van der Waals surface area contributed by atoms with Crippen molar-refractivity contribution in [2.75, 3.05) is 11.9 Å². The summed E-state index contributed by atoms with van der Waals surface area (Å²) in [5.74, 6) is -1.10. The Balaban J connectivity index is 1.47. The molecule has 0 aliphatic heterocycles. The van der Waals surface area contributed by atoms with Gasteiger partial charge < -0.3 is 14.8 Å². The highest BCUT2D eigenvalue weighted by Crippen LogP contribution is 2.34. The Morgan fingerprint density at radius 1 is 0.941 bits per heavy atom. The number of para-hydroxylation sites is 1. The van der Waals surface area contributed by atoms with Crippen LogP contribution in [0.3, 0.4) is 0 Å².